The van der Waals surface area contributed by atoms with E-state index in [4.69, 9.17) is 4.42 Å². The van der Waals surface area contributed by atoms with Gasteiger partial charge in [-0.25, -0.2) is 0 Å². The maximum atomic E-state index is 12.0. The number of hydrogen-bond acceptors (Lipinski definition) is 2. The van der Waals surface area contributed by atoms with Crippen LogP contribution < -0.4 is 0 Å². The van der Waals surface area contributed by atoms with Crippen LogP contribution in [-0.2, 0) is 11.2 Å². The summed E-state index contributed by atoms with van der Waals surface area (Å²) in [6, 6.07) is 3.83. The highest BCUT2D eigenvalue weighted by Gasteiger charge is 2.19. The van der Waals surface area contributed by atoms with Gasteiger partial charge in [-0.2, -0.15) is 0 Å². The fourth-order valence-corrected chi connectivity index (χ4v) is 2.51. The van der Waals surface area contributed by atoms with Gasteiger partial charge < -0.3 is 4.42 Å². The lowest BCUT2D eigenvalue weighted by atomic mass is 9.92. The molecule has 1 aromatic heterocycles. The molecule has 0 radical (unpaired) electrons. The van der Waals surface area contributed by atoms with E-state index >= 15 is 0 Å². The molecule has 0 aromatic carbocycles. The average Bonchev–Trinajstić information content (AvgIpc) is 2.66. The van der Waals surface area contributed by atoms with Crippen LogP contribution in [0.1, 0.15) is 50.7 Å². The van der Waals surface area contributed by atoms with Crippen LogP contribution in [0, 0.1) is 5.92 Å². The Morgan fingerprint density at radius 1 is 1.25 bits per heavy atom. The Kier molecular flexibility index (Phi) is 4.20. The van der Waals surface area contributed by atoms with Crippen molar-refractivity contribution in [2.45, 2.75) is 51.4 Å². The summed E-state index contributed by atoms with van der Waals surface area (Å²) >= 11 is 0. The first-order valence-corrected chi connectivity index (χ1v) is 6.41. The Labute approximate surface area is 97.0 Å². The minimum Gasteiger partial charge on any atom is -0.469 e. The van der Waals surface area contributed by atoms with Crippen molar-refractivity contribution in [3.63, 3.8) is 0 Å². The number of ketones is 1. The van der Waals surface area contributed by atoms with Crippen LogP contribution >= 0.6 is 0 Å². The molecule has 2 rings (SSSR count). The maximum Gasteiger partial charge on any atom is 0.136 e. The van der Waals surface area contributed by atoms with Crippen molar-refractivity contribution in [3.05, 3.63) is 24.2 Å². The number of carbonyl (C=O) groups is 1. The van der Waals surface area contributed by atoms with Gasteiger partial charge in [0.25, 0.3) is 0 Å². The molecule has 0 unspecified atom stereocenters. The van der Waals surface area contributed by atoms with E-state index in [2.05, 4.69) is 0 Å². The summed E-state index contributed by atoms with van der Waals surface area (Å²) in [6.45, 7) is 0. The molecule has 0 saturated heterocycles. The van der Waals surface area contributed by atoms with Gasteiger partial charge in [-0.3, -0.25) is 4.79 Å². The fourth-order valence-electron chi connectivity index (χ4n) is 2.51. The summed E-state index contributed by atoms with van der Waals surface area (Å²) in [4.78, 5) is 12.0. The van der Waals surface area contributed by atoms with Crippen LogP contribution in [0.5, 0.6) is 0 Å². The molecule has 2 nitrogen and oxygen atoms in total. The molecule has 2 heteroatoms. The van der Waals surface area contributed by atoms with E-state index in [9.17, 15) is 4.79 Å². The maximum absolute atomic E-state index is 12.0. The summed E-state index contributed by atoms with van der Waals surface area (Å²) < 4.78 is 5.24. The predicted octanol–water partition coefficient (Wildman–Crippen LogP) is 3.75. The molecule has 1 aliphatic rings. The zero-order chi connectivity index (χ0) is 11.2. The lowest BCUT2D eigenvalue weighted by Crippen LogP contribution is -2.14. The highest BCUT2D eigenvalue weighted by molar-refractivity contribution is 5.81. The van der Waals surface area contributed by atoms with Crippen molar-refractivity contribution >= 4 is 5.78 Å². The van der Waals surface area contributed by atoms with Gasteiger partial charge in [0.15, 0.2) is 0 Å². The molecular weight excluding hydrogens is 200 g/mol. The number of rotatable bonds is 4. The summed E-state index contributed by atoms with van der Waals surface area (Å²) in [5, 5.41) is 0. The molecule has 0 amide bonds. The van der Waals surface area contributed by atoms with E-state index in [1.807, 2.05) is 12.1 Å². The summed E-state index contributed by atoms with van der Waals surface area (Å²) in [5.41, 5.74) is 0. The highest BCUT2D eigenvalue weighted by Crippen LogP contribution is 2.24. The van der Waals surface area contributed by atoms with Gasteiger partial charge in [0.1, 0.15) is 11.5 Å². The lowest BCUT2D eigenvalue weighted by molar-refractivity contribution is -0.123. The number of furan rings is 1. The quantitative estimate of drug-likeness (QED) is 0.723. The molecule has 1 aromatic rings. The van der Waals surface area contributed by atoms with Crippen LogP contribution in [-0.4, -0.2) is 5.78 Å². The first-order valence-electron chi connectivity index (χ1n) is 6.41. The molecule has 0 bridgehead atoms. The van der Waals surface area contributed by atoms with Crippen LogP contribution in [0.4, 0.5) is 0 Å². The van der Waals surface area contributed by atoms with Crippen molar-refractivity contribution in [1.82, 2.24) is 0 Å². The van der Waals surface area contributed by atoms with Crippen molar-refractivity contribution in [1.29, 1.82) is 0 Å². The molecule has 1 saturated carbocycles. The van der Waals surface area contributed by atoms with Gasteiger partial charge in [-0.15, -0.1) is 0 Å². The molecule has 1 fully saturated rings. The molecular formula is C14H20O2. The zero-order valence-electron chi connectivity index (χ0n) is 9.78. The monoisotopic (exact) mass is 220 g/mol. The van der Waals surface area contributed by atoms with E-state index in [1.165, 1.54) is 25.7 Å². The van der Waals surface area contributed by atoms with Gasteiger partial charge in [-0.05, 0) is 25.0 Å². The summed E-state index contributed by atoms with van der Waals surface area (Å²) in [7, 11) is 0. The van der Waals surface area contributed by atoms with Gasteiger partial charge in [0, 0.05) is 18.8 Å². The van der Waals surface area contributed by atoms with E-state index in [0.29, 0.717) is 18.1 Å². The van der Waals surface area contributed by atoms with Gasteiger partial charge in [-0.1, -0.05) is 25.7 Å². The molecule has 0 spiro atoms. The Morgan fingerprint density at radius 2 is 2.00 bits per heavy atom. The minimum atomic E-state index is 0.331. The zero-order valence-corrected chi connectivity index (χ0v) is 9.78. The standard InChI is InChI=1S/C14H20O2/c15-14(10-9-13-8-5-11-16-13)12-6-3-1-2-4-7-12/h5,8,11-12H,1-4,6-7,9-10H2. The lowest BCUT2D eigenvalue weighted by Gasteiger charge is -2.11. The van der Waals surface area contributed by atoms with Crippen LogP contribution in [0.15, 0.2) is 22.8 Å². The van der Waals surface area contributed by atoms with Gasteiger partial charge in [0.2, 0.25) is 0 Å². The first kappa shape index (κ1) is 11.4. The second-order valence-electron chi connectivity index (χ2n) is 4.73. The number of aryl methyl sites for hydroxylation is 1. The second-order valence-corrected chi connectivity index (χ2v) is 4.73. The largest absolute Gasteiger partial charge is 0.469 e. The van der Waals surface area contributed by atoms with Crippen LogP contribution in [0.3, 0.4) is 0 Å². The fraction of sp³-hybridized carbons (Fsp3) is 0.643. The third-order valence-electron chi connectivity index (χ3n) is 3.51. The SMILES string of the molecule is O=C(CCc1ccco1)C1CCCCCC1. The number of hydrogen-bond donors (Lipinski definition) is 0. The normalized spacial score (nSPS) is 18.2. The topological polar surface area (TPSA) is 30.2 Å². The Hall–Kier alpha value is -1.05. The average molecular weight is 220 g/mol. The van der Waals surface area contributed by atoms with E-state index in [0.717, 1.165) is 25.0 Å². The molecule has 0 N–H and O–H groups in total. The molecule has 88 valence electrons. The second kappa shape index (κ2) is 5.88. The molecule has 0 aliphatic heterocycles. The highest BCUT2D eigenvalue weighted by atomic mass is 16.3. The summed E-state index contributed by atoms with van der Waals surface area (Å²) in [5.74, 6) is 1.71. The van der Waals surface area contributed by atoms with Crippen LogP contribution in [0.2, 0.25) is 0 Å². The Balaban J connectivity index is 1.78. The number of carbonyl (C=O) groups excluding carboxylic acids is 1. The smallest absolute Gasteiger partial charge is 0.136 e. The van der Waals surface area contributed by atoms with Crippen molar-refractivity contribution in [2.75, 3.05) is 0 Å². The van der Waals surface area contributed by atoms with Crippen molar-refractivity contribution in [3.8, 4) is 0 Å². The third kappa shape index (κ3) is 3.22. The van der Waals surface area contributed by atoms with Crippen LogP contribution in [0.25, 0.3) is 0 Å². The molecule has 16 heavy (non-hydrogen) atoms. The minimum absolute atomic E-state index is 0.331. The molecule has 1 aliphatic carbocycles. The first-order chi connectivity index (χ1) is 7.86. The Morgan fingerprint density at radius 3 is 2.62 bits per heavy atom. The predicted molar refractivity (Wildman–Crippen MR) is 63.2 cm³/mol. The van der Waals surface area contributed by atoms with Crippen molar-refractivity contribution < 1.29 is 9.21 Å². The molecule has 0 atom stereocenters. The Bertz CT molecular complexity index is 305. The third-order valence-corrected chi connectivity index (χ3v) is 3.51. The van der Waals surface area contributed by atoms with E-state index in [-0.39, 0.29) is 0 Å². The van der Waals surface area contributed by atoms with Gasteiger partial charge >= 0.3 is 0 Å². The van der Waals surface area contributed by atoms with E-state index < -0.39 is 0 Å². The van der Waals surface area contributed by atoms with E-state index in [1.54, 1.807) is 6.26 Å². The van der Waals surface area contributed by atoms with Crippen molar-refractivity contribution in [2.24, 2.45) is 5.92 Å². The summed E-state index contributed by atoms with van der Waals surface area (Å²) in [6.07, 6.45) is 10.4. The number of Topliss-reactive ketones (excluding diaryl/α,β-unsaturated/α-hetero) is 1. The molecule has 1 heterocycles. The van der Waals surface area contributed by atoms with Gasteiger partial charge in [0.05, 0.1) is 6.26 Å².